The Labute approximate surface area is 122 Å². The van der Waals surface area contributed by atoms with Crippen molar-refractivity contribution in [1.82, 2.24) is 14.5 Å². The summed E-state index contributed by atoms with van der Waals surface area (Å²) >= 11 is 0. The van der Waals surface area contributed by atoms with Gasteiger partial charge < -0.3 is 14.2 Å². The number of hydrogen-bond donors (Lipinski definition) is 0. The number of nitrogens with zero attached hydrogens (tertiary/aromatic N) is 3. The number of carbonyl (C=O) groups is 1. The van der Waals surface area contributed by atoms with Crippen molar-refractivity contribution in [3.05, 3.63) is 39.8 Å². The van der Waals surface area contributed by atoms with E-state index in [1.165, 1.54) is 0 Å². The van der Waals surface area contributed by atoms with Gasteiger partial charge in [-0.1, -0.05) is 0 Å². The second-order valence-corrected chi connectivity index (χ2v) is 5.17. The fraction of sp³-hybridized carbons (Fsp3) is 0.400. The van der Waals surface area contributed by atoms with E-state index in [2.05, 4.69) is 4.98 Å². The van der Waals surface area contributed by atoms with Gasteiger partial charge in [-0.15, -0.1) is 0 Å². The first-order chi connectivity index (χ1) is 10.1. The van der Waals surface area contributed by atoms with Crippen molar-refractivity contribution in [3.8, 4) is 0 Å². The van der Waals surface area contributed by atoms with Crippen molar-refractivity contribution in [2.75, 3.05) is 26.3 Å². The molecule has 1 aliphatic heterocycles. The number of ether oxygens (including phenoxy) is 1. The van der Waals surface area contributed by atoms with Crippen molar-refractivity contribution in [3.63, 3.8) is 0 Å². The summed E-state index contributed by atoms with van der Waals surface area (Å²) in [5, 5.41) is 0. The molecule has 0 aliphatic carbocycles. The van der Waals surface area contributed by atoms with Crippen molar-refractivity contribution < 1.29 is 9.53 Å². The van der Waals surface area contributed by atoms with Crippen LogP contribution in [0.15, 0.2) is 23.0 Å². The topological polar surface area (TPSA) is 64.4 Å². The number of aromatic nitrogens is 2. The third kappa shape index (κ3) is 2.42. The fourth-order valence-corrected chi connectivity index (χ4v) is 2.56. The van der Waals surface area contributed by atoms with Gasteiger partial charge in [-0.25, -0.2) is 4.98 Å². The molecule has 2 heterocycles. The maximum atomic E-state index is 12.5. The molecular weight excluding hydrogens is 270 g/mol. The van der Waals surface area contributed by atoms with E-state index >= 15 is 0 Å². The van der Waals surface area contributed by atoms with Crippen LogP contribution in [-0.2, 0) is 11.8 Å². The van der Waals surface area contributed by atoms with Gasteiger partial charge in [-0.2, -0.15) is 0 Å². The molecule has 2 aromatic rings. The summed E-state index contributed by atoms with van der Waals surface area (Å²) in [5.74, 6) is -0.0199. The van der Waals surface area contributed by atoms with Gasteiger partial charge >= 0.3 is 0 Å². The molecule has 0 spiro atoms. The quantitative estimate of drug-likeness (QED) is 0.775. The maximum Gasteiger partial charge on any atom is 0.272 e. The van der Waals surface area contributed by atoms with Gasteiger partial charge in [0.1, 0.15) is 5.69 Å². The van der Waals surface area contributed by atoms with E-state index in [9.17, 15) is 9.59 Å². The number of benzene rings is 1. The van der Waals surface area contributed by atoms with E-state index in [0.717, 1.165) is 5.52 Å². The third-order valence-corrected chi connectivity index (χ3v) is 3.78. The fourth-order valence-electron chi connectivity index (χ4n) is 2.56. The van der Waals surface area contributed by atoms with E-state index in [0.29, 0.717) is 43.1 Å². The SMILES string of the molecule is Cc1nc2cc(C(=O)N3CCOCC3)ccc2n(C)c1=O. The average molecular weight is 287 g/mol. The molecule has 0 radical (unpaired) electrons. The Morgan fingerprint density at radius 3 is 2.71 bits per heavy atom. The molecule has 1 aromatic carbocycles. The van der Waals surface area contributed by atoms with Crippen LogP contribution in [0.1, 0.15) is 16.1 Å². The van der Waals surface area contributed by atoms with Gasteiger partial charge in [-0.3, -0.25) is 9.59 Å². The normalized spacial score (nSPS) is 15.4. The molecule has 6 heteroatoms. The monoisotopic (exact) mass is 287 g/mol. The number of rotatable bonds is 1. The van der Waals surface area contributed by atoms with E-state index in [1.807, 2.05) is 0 Å². The van der Waals surface area contributed by atoms with E-state index < -0.39 is 0 Å². The van der Waals surface area contributed by atoms with Crippen molar-refractivity contribution >= 4 is 16.9 Å². The molecule has 0 N–H and O–H groups in total. The largest absolute Gasteiger partial charge is 0.378 e. The molecule has 0 saturated carbocycles. The lowest BCUT2D eigenvalue weighted by Crippen LogP contribution is -2.40. The molecule has 1 aliphatic rings. The lowest BCUT2D eigenvalue weighted by molar-refractivity contribution is 0.0303. The first-order valence-electron chi connectivity index (χ1n) is 6.92. The summed E-state index contributed by atoms with van der Waals surface area (Å²) in [6, 6.07) is 5.27. The van der Waals surface area contributed by atoms with Crippen LogP contribution < -0.4 is 5.56 Å². The third-order valence-electron chi connectivity index (χ3n) is 3.78. The van der Waals surface area contributed by atoms with Gasteiger partial charge in [-0.05, 0) is 25.1 Å². The smallest absolute Gasteiger partial charge is 0.272 e. The van der Waals surface area contributed by atoms with Crippen molar-refractivity contribution in [1.29, 1.82) is 0 Å². The highest BCUT2D eigenvalue weighted by molar-refractivity contribution is 5.97. The summed E-state index contributed by atoms with van der Waals surface area (Å²) in [5.41, 5.74) is 2.29. The highest BCUT2D eigenvalue weighted by Crippen LogP contribution is 2.15. The molecule has 1 aromatic heterocycles. The van der Waals surface area contributed by atoms with E-state index in [4.69, 9.17) is 4.74 Å². The maximum absolute atomic E-state index is 12.5. The van der Waals surface area contributed by atoms with Gasteiger partial charge in [0.2, 0.25) is 0 Å². The second-order valence-electron chi connectivity index (χ2n) is 5.17. The summed E-state index contributed by atoms with van der Waals surface area (Å²) in [7, 11) is 1.71. The highest BCUT2D eigenvalue weighted by Gasteiger charge is 2.19. The van der Waals surface area contributed by atoms with Crippen LogP contribution in [0, 0.1) is 6.92 Å². The lowest BCUT2D eigenvalue weighted by Gasteiger charge is -2.26. The molecular formula is C15H17N3O3. The number of fused-ring (bicyclic) bond motifs is 1. The Morgan fingerprint density at radius 1 is 1.29 bits per heavy atom. The van der Waals surface area contributed by atoms with Crippen LogP contribution in [0.5, 0.6) is 0 Å². The molecule has 0 unspecified atom stereocenters. The van der Waals surface area contributed by atoms with Crippen LogP contribution in [0.4, 0.5) is 0 Å². The van der Waals surface area contributed by atoms with E-state index in [-0.39, 0.29) is 11.5 Å². The predicted molar refractivity (Wildman–Crippen MR) is 78.4 cm³/mol. The van der Waals surface area contributed by atoms with Crippen LogP contribution in [0.2, 0.25) is 0 Å². The summed E-state index contributed by atoms with van der Waals surface area (Å²) in [6.45, 7) is 4.04. The number of aryl methyl sites for hydroxylation is 2. The Hall–Kier alpha value is -2.21. The first kappa shape index (κ1) is 13.8. The minimum atomic E-state index is -0.116. The molecule has 0 atom stereocenters. The zero-order valence-corrected chi connectivity index (χ0v) is 12.1. The van der Waals surface area contributed by atoms with Crippen LogP contribution in [0.25, 0.3) is 11.0 Å². The van der Waals surface area contributed by atoms with Gasteiger partial charge in [0.05, 0.1) is 24.2 Å². The number of morpholine rings is 1. The molecule has 1 amide bonds. The second kappa shape index (κ2) is 5.29. The predicted octanol–water partition coefficient (Wildman–Crippen LogP) is 0.714. The van der Waals surface area contributed by atoms with E-state index in [1.54, 1.807) is 41.6 Å². The van der Waals surface area contributed by atoms with Gasteiger partial charge in [0, 0.05) is 25.7 Å². The Balaban J connectivity index is 2.03. The highest BCUT2D eigenvalue weighted by atomic mass is 16.5. The molecule has 21 heavy (non-hydrogen) atoms. The van der Waals surface area contributed by atoms with Crippen LogP contribution >= 0.6 is 0 Å². The standard InChI is InChI=1S/C15H17N3O3/c1-10-14(19)17(2)13-4-3-11(9-12(13)16-10)15(20)18-5-7-21-8-6-18/h3-4,9H,5-8H2,1-2H3. The van der Waals surface area contributed by atoms with Crippen LogP contribution in [-0.4, -0.2) is 46.7 Å². The average Bonchev–Trinajstić information content (AvgIpc) is 2.52. The number of carbonyl (C=O) groups excluding carboxylic acids is 1. The molecule has 6 nitrogen and oxygen atoms in total. The number of hydrogen-bond acceptors (Lipinski definition) is 4. The molecule has 1 fully saturated rings. The van der Waals surface area contributed by atoms with Gasteiger partial charge in [0.15, 0.2) is 0 Å². The van der Waals surface area contributed by atoms with Gasteiger partial charge in [0.25, 0.3) is 11.5 Å². The Kier molecular flexibility index (Phi) is 3.47. The Morgan fingerprint density at radius 2 is 2.00 bits per heavy atom. The molecule has 3 rings (SSSR count). The molecule has 1 saturated heterocycles. The summed E-state index contributed by atoms with van der Waals surface area (Å²) < 4.78 is 6.81. The number of amides is 1. The molecule has 110 valence electrons. The van der Waals surface area contributed by atoms with Crippen molar-refractivity contribution in [2.24, 2.45) is 7.05 Å². The zero-order valence-electron chi connectivity index (χ0n) is 12.1. The summed E-state index contributed by atoms with van der Waals surface area (Å²) in [6.07, 6.45) is 0. The zero-order chi connectivity index (χ0) is 15.0. The lowest BCUT2D eigenvalue weighted by atomic mass is 10.1. The first-order valence-corrected chi connectivity index (χ1v) is 6.92. The van der Waals surface area contributed by atoms with Crippen molar-refractivity contribution in [2.45, 2.75) is 6.92 Å². The molecule has 0 bridgehead atoms. The van der Waals surface area contributed by atoms with Crippen LogP contribution in [0.3, 0.4) is 0 Å². The summed E-state index contributed by atoms with van der Waals surface area (Å²) in [4.78, 5) is 30.4. The minimum Gasteiger partial charge on any atom is -0.378 e. The minimum absolute atomic E-state index is 0.0199. The Bertz CT molecular complexity index is 761.